The van der Waals surface area contributed by atoms with Crippen LogP contribution in [-0.4, -0.2) is 37.3 Å². The summed E-state index contributed by atoms with van der Waals surface area (Å²) in [6.45, 7) is 2.05. The summed E-state index contributed by atoms with van der Waals surface area (Å²) < 4.78 is 26.6. The largest absolute Gasteiger partial charge is 0.383 e. The van der Waals surface area contributed by atoms with Crippen LogP contribution in [0.1, 0.15) is 19.8 Å². The zero-order valence-electron chi connectivity index (χ0n) is 11.4. The van der Waals surface area contributed by atoms with E-state index in [0.717, 1.165) is 12.8 Å². The second-order valence-corrected chi connectivity index (χ2v) is 6.46. The molecule has 7 nitrogen and oxygen atoms in total. The van der Waals surface area contributed by atoms with Gasteiger partial charge in [-0.3, -0.25) is 10.1 Å². The number of nitro groups is 1. The van der Waals surface area contributed by atoms with E-state index in [9.17, 15) is 18.5 Å². The number of para-hydroxylation sites is 1. The van der Waals surface area contributed by atoms with Crippen molar-refractivity contribution >= 4 is 21.4 Å². The van der Waals surface area contributed by atoms with Crippen molar-refractivity contribution in [2.75, 3.05) is 18.9 Å². The maximum absolute atomic E-state index is 12.6. The van der Waals surface area contributed by atoms with E-state index in [1.165, 1.54) is 29.6 Å². The highest BCUT2D eigenvalue weighted by atomic mass is 32.2. The Morgan fingerprint density at radius 1 is 1.45 bits per heavy atom. The molecule has 20 heavy (non-hydrogen) atoms. The molecule has 1 N–H and O–H groups in total. The number of hydrogen-bond acceptors (Lipinski definition) is 5. The first-order valence-corrected chi connectivity index (χ1v) is 7.84. The van der Waals surface area contributed by atoms with Crippen LogP contribution in [0.3, 0.4) is 0 Å². The summed E-state index contributed by atoms with van der Waals surface area (Å²) in [5.74, 6) is 0. The molecule has 0 aromatic heterocycles. The zero-order valence-corrected chi connectivity index (χ0v) is 12.2. The molecule has 0 spiro atoms. The summed E-state index contributed by atoms with van der Waals surface area (Å²) >= 11 is 0. The Kier molecular flexibility index (Phi) is 3.96. The van der Waals surface area contributed by atoms with Gasteiger partial charge in [-0.2, -0.15) is 4.31 Å². The fraction of sp³-hybridized carbons (Fsp3) is 0.500. The van der Waals surface area contributed by atoms with Crippen molar-refractivity contribution in [3.8, 4) is 0 Å². The van der Waals surface area contributed by atoms with Gasteiger partial charge in [0.1, 0.15) is 5.69 Å². The molecule has 0 bridgehead atoms. The minimum atomic E-state index is -3.84. The Morgan fingerprint density at radius 3 is 2.55 bits per heavy atom. The van der Waals surface area contributed by atoms with Crippen LogP contribution in [0.2, 0.25) is 0 Å². The lowest BCUT2D eigenvalue weighted by molar-refractivity contribution is -0.386. The normalized spacial score (nSPS) is 15.3. The van der Waals surface area contributed by atoms with Gasteiger partial charge in [-0.25, -0.2) is 8.42 Å². The van der Waals surface area contributed by atoms with Crippen molar-refractivity contribution in [2.45, 2.75) is 30.7 Å². The molecule has 0 amide bonds. The van der Waals surface area contributed by atoms with Crippen LogP contribution in [0.15, 0.2) is 23.1 Å². The fourth-order valence-electron chi connectivity index (χ4n) is 2.23. The Morgan fingerprint density at radius 2 is 2.10 bits per heavy atom. The molecule has 1 aromatic carbocycles. The van der Waals surface area contributed by atoms with Crippen LogP contribution in [0, 0.1) is 10.1 Å². The minimum absolute atomic E-state index is 0.0251. The first-order valence-electron chi connectivity index (χ1n) is 6.40. The summed E-state index contributed by atoms with van der Waals surface area (Å²) in [7, 11) is -2.32. The summed E-state index contributed by atoms with van der Waals surface area (Å²) in [6.07, 6.45) is 1.62. The molecule has 2 rings (SSSR count). The highest BCUT2D eigenvalue weighted by molar-refractivity contribution is 7.89. The first-order chi connectivity index (χ1) is 9.43. The number of benzene rings is 1. The van der Waals surface area contributed by atoms with Gasteiger partial charge >= 0.3 is 5.69 Å². The third kappa shape index (κ3) is 2.48. The number of rotatable bonds is 6. The third-order valence-electron chi connectivity index (χ3n) is 3.30. The van der Waals surface area contributed by atoms with Crippen molar-refractivity contribution in [3.05, 3.63) is 28.3 Å². The quantitative estimate of drug-likeness (QED) is 0.638. The van der Waals surface area contributed by atoms with Crippen molar-refractivity contribution in [1.82, 2.24) is 4.31 Å². The molecular formula is C12H17N3O4S. The molecule has 1 saturated carbocycles. The van der Waals surface area contributed by atoms with Gasteiger partial charge in [0.2, 0.25) is 10.0 Å². The minimum Gasteiger partial charge on any atom is -0.383 e. The molecule has 0 radical (unpaired) electrons. The van der Waals surface area contributed by atoms with Crippen LogP contribution >= 0.6 is 0 Å². The average Bonchev–Trinajstić information content (AvgIpc) is 3.22. The number of sulfonamides is 1. The molecule has 8 heteroatoms. The topological polar surface area (TPSA) is 92.6 Å². The van der Waals surface area contributed by atoms with Gasteiger partial charge in [-0.1, -0.05) is 13.0 Å². The lowest BCUT2D eigenvalue weighted by atomic mass is 10.3. The van der Waals surface area contributed by atoms with Crippen molar-refractivity contribution < 1.29 is 13.3 Å². The van der Waals surface area contributed by atoms with Crippen LogP contribution in [-0.2, 0) is 10.0 Å². The summed E-state index contributed by atoms with van der Waals surface area (Å²) in [5.41, 5.74) is -0.197. The van der Waals surface area contributed by atoms with Gasteiger partial charge in [0, 0.05) is 19.6 Å². The monoisotopic (exact) mass is 299 g/mol. The Hall–Kier alpha value is -1.67. The van der Waals surface area contributed by atoms with Crippen LogP contribution < -0.4 is 5.32 Å². The van der Waals surface area contributed by atoms with E-state index in [4.69, 9.17) is 0 Å². The number of anilines is 1. The smallest absolute Gasteiger partial charge is 0.312 e. The van der Waals surface area contributed by atoms with Crippen LogP contribution in [0.25, 0.3) is 0 Å². The van der Waals surface area contributed by atoms with Crippen molar-refractivity contribution in [1.29, 1.82) is 0 Å². The van der Waals surface area contributed by atoms with E-state index in [0.29, 0.717) is 6.54 Å². The molecule has 110 valence electrons. The second kappa shape index (κ2) is 5.37. The van der Waals surface area contributed by atoms with E-state index in [1.807, 2.05) is 0 Å². The zero-order chi connectivity index (χ0) is 14.9. The molecule has 1 fully saturated rings. The van der Waals surface area contributed by atoms with Gasteiger partial charge in [0.15, 0.2) is 4.90 Å². The second-order valence-electron chi connectivity index (χ2n) is 4.60. The lowest BCUT2D eigenvalue weighted by Gasteiger charge is -2.20. The standard InChI is InChI=1S/C12H17N3O4S/c1-3-14(9-7-8-9)20(18,19)11-6-4-5-10(13-2)12(11)15(16)17/h4-6,9,13H,3,7-8H2,1-2H3. The summed E-state index contributed by atoms with van der Waals surface area (Å²) in [4.78, 5) is 10.3. The Bertz CT molecular complexity index is 626. The fourth-order valence-corrected chi connectivity index (χ4v) is 4.11. The van der Waals surface area contributed by atoms with Gasteiger partial charge in [0.25, 0.3) is 0 Å². The molecule has 1 aliphatic rings. The lowest BCUT2D eigenvalue weighted by Crippen LogP contribution is -2.33. The third-order valence-corrected chi connectivity index (χ3v) is 5.36. The Balaban J connectivity index is 2.59. The highest BCUT2D eigenvalue weighted by Gasteiger charge is 2.40. The molecule has 1 aromatic rings. The van der Waals surface area contributed by atoms with E-state index >= 15 is 0 Å². The summed E-state index contributed by atoms with van der Waals surface area (Å²) in [6, 6.07) is 4.26. The summed E-state index contributed by atoms with van der Waals surface area (Å²) in [5, 5.41) is 13.9. The van der Waals surface area contributed by atoms with Crippen molar-refractivity contribution in [2.24, 2.45) is 0 Å². The predicted octanol–water partition coefficient (Wildman–Crippen LogP) is 1.81. The highest BCUT2D eigenvalue weighted by Crippen LogP contribution is 2.37. The van der Waals surface area contributed by atoms with E-state index in [-0.39, 0.29) is 16.6 Å². The maximum Gasteiger partial charge on any atom is 0.312 e. The predicted molar refractivity (Wildman–Crippen MR) is 75.2 cm³/mol. The average molecular weight is 299 g/mol. The van der Waals surface area contributed by atoms with Crippen LogP contribution in [0.5, 0.6) is 0 Å². The van der Waals surface area contributed by atoms with Gasteiger partial charge in [-0.05, 0) is 25.0 Å². The van der Waals surface area contributed by atoms with Gasteiger partial charge < -0.3 is 5.32 Å². The molecule has 0 heterocycles. The van der Waals surface area contributed by atoms with Gasteiger partial charge in [-0.15, -0.1) is 0 Å². The SMILES string of the molecule is CCN(C1CC1)S(=O)(=O)c1cccc(NC)c1[N+](=O)[O-]. The van der Waals surface area contributed by atoms with Crippen molar-refractivity contribution in [3.63, 3.8) is 0 Å². The van der Waals surface area contributed by atoms with E-state index in [1.54, 1.807) is 6.92 Å². The van der Waals surface area contributed by atoms with Gasteiger partial charge in [0.05, 0.1) is 4.92 Å². The number of hydrogen-bond donors (Lipinski definition) is 1. The van der Waals surface area contributed by atoms with E-state index in [2.05, 4.69) is 5.32 Å². The molecular weight excluding hydrogens is 282 g/mol. The number of nitrogens with one attached hydrogen (secondary N) is 1. The first kappa shape index (κ1) is 14.7. The van der Waals surface area contributed by atoms with Crippen LogP contribution in [0.4, 0.5) is 11.4 Å². The Labute approximate surface area is 117 Å². The maximum atomic E-state index is 12.6. The molecule has 0 aliphatic heterocycles. The molecule has 0 unspecified atom stereocenters. The van der Waals surface area contributed by atoms with E-state index < -0.39 is 20.6 Å². The molecule has 1 aliphatic carbocycles. The molecule has 0 atom stereocenters. The number of nitrogens with zero attached hydrogens (tertiary/aromatic N) is 2. The number of nitro benzene ring substituents is 1. The molecule has 0 saturated heterocycles.